The summed E-state index contributed by atoms with van der Waals surface area (Å²) in [7, 11) is 0. The molecule has 1 N–H and O–H groups in total. The topological polar surface area (TPSA) is 20.2 Å². The molecule has 1 aromatic carbocycles. The molecule has 3 heteroatoms. The average molecular weight is 219 g/mol. The number of aliphatic hydroxyl groups is 1. The van der Waals surface area contributed by atoms with Crippen LogP contribution in [0.1, 0.15) is 24.2 Å². The number of aryl methyl sites for hydroxylation is 1. The molecule has 0 aliphatic heterocycles. The molecule has 0 heterocycles. The van der Waals surface area contributed by atoms with E-state index < -0.39 is 10.4 Å². The maximum atomic E-state index is 9.68. The molecular weight excluding hydrogens is 207 g/mol. The van der Waals surface area contributed by atoms with Crippen molar-refractivity contribution in [3.8, 4) is 0 Å². The van der Waals surface area contributed by atoms with Gasteiger partial charge in [0.15, 0.2) is 0 Å². The normalized spacial score (nSPS) is 14.2. The highest BCUT2D eigenvalue weighted by molar-refractivity contribution is 6.48. The van der Waals surface area contributed by atoms with E-state index in [9.17, 15) is 5.11 Å². The first-order valence-electron chi connectivity index (χ1n) is 4.03. The van der Waals surface area contributed by atoms with Gasteiger partial charge in [-0.2, -0.15) is 0 Å². The van der Waals surface area contributed by atoms with E-state index in [4.69, 9.17) is 23.2 Å². The lowest BCUT2D eigenvalue weighted by molar-refractivity contribution is 0.164. The second-order valence-electron chi connectivity index (χ2n) is 3.27. The standard InChI is InChI=1S/C10H12Cl2O/c1-7-3-5-8(6-4-7)9(13)10(2,11)12/h3-6,9,13H,1-2H3. The van der Waals surface area contributed by atoms with E-state index in [1.54, 1.807) is 6.92 Å². The van der Waals surface area contributed by atoms with E-state index in [2.05, 4.69) is 0 Å². The molecule has 0 radical (unpaired) electrons. The monoisotopic (exact) mass is 218 g/mol. The fourth-order valence-electron chi connectivity index (χ4n) is 1.04. The Hall–Kier alpha value is -0.240. The summed E-state index contributed by atoms with van der Waals surface area (Å²) in [4.78, 5) is 0. The van der Waals surface area contributed by atoms with Gasteiger partial charge in [-0.3, -0.25) is 0 Å². The summed E-state index contributed by atoms with van der Waals surface area (Å²) in [5, 5.41) is 9.68. The third-order valence-electron chi connectivity index (χ3n) is 1.87. The first-order valence-corrected chi connectivity index (χ1v) is 4.79. The Kier molecular flexibility index (Phi) is 3.23. The van der Waals surface area contributed by atoms with Gasteiger partial charge in [0.1, 0.15) is 10.4 Å². The highest BCUT2D eigenvalue weighted by Gasteiger charge is 2.28. The molecule has 1 nitrogen and oxygen atoms in total. The van der Waals surface area contributed by atoms with E-state index in [1.165, 1.54) is 0 Å². The number of aliphatic hydroxyl groups excluding tert-OH is 1. The fraction of sp³-hybridized carbons (Fsp3) is 0.400. The Labute approximate surface area is 88.3 Å². The summed E-state index contributed by atoms with van der Waals surface area (Å²) in [6, 6.07) is 7.47. The van der Waals surface area contributed by atoms with Gasteiger partial charge >= 0.3 is 0 Å². The van der Waals surface area contributed by atoms with Crippen LogP contribution < -0.4 is 0 Å². The molecule has 0 aliphatic carbocycles. The predicted molar refractivity (Wildman–Crippen MR) is 56.2 cm³/mol. The molecule has 0 saturated carbocycles. The Balaban J connectivity index is 2.90. The predicted octanol–water partition coefficient (Wildman–Crippen LogP) is 3.22. The molecule has 0 amide bonds. The van der Waals surface area contributed by atoms with Gasteiger partial charge in [-0.1, -0.05) is 53.0 Å². The smallest absolute Gasteiger partial charge is 0.145 e. The molecule has 0 spiro atoms. The van der Waals surface area contributed by atoms with Crippen LogP contribution in [-0.2, 0) is 0 Å². The van der Waals surface area contributed by atoms with Gasteiger partial charge in [-0.25, -0.2) is 0 Å². The molecule has 13 heavy (non-hydrogen) atoms. The molecule has 0 fully saturated rings. The second-order valence-corrected chi connectivity index (χ2v) is 5.03. The molecule has 1 aromatic rings. The molecule has 0 aromatic heterocycles. The molecule has 72 valence electrons. The van der Waals surface area contributed by atoms with Crippen molar-refractivity contribution < 1.29 is 5.11 Å². The first kappa shape index (κ1) is 10.8. The molecule has 1 atom stereocenters. The van der Waals surface area contributed by atoms with Gasteiger partial charge in [-0.15, -0.1) is 0 Å². The van der Waals surface area contributed by atoms with E-state index in [0.29, 0.717) is 0 Å². The zero-order valence-corrected chi connectivity index (χ0v) is 9.10. The average Bonchev–Trinajstić information content (AvgIpc) is 2.03. The minimum atomic E-state index is -1.14. The SMILES string of the molecule is Cc1ccc(C(O)C(C)(Cl)Cl)cc1. The summed E-state index contributed by atoms with van der Waals surface area (Å²) in [6.45, 7) is 3.55. The van der Waals surface area contributed by atoms with Crippen molar-refractivity contribution in [2.24, 2.45) is 0 Å². The Morgan fingerprint density at radius 2 is 1.69 bits per heavy atom. The lowest BCUT2D eigenvalue weighted by atomic mass is 10.1. The largest absolute Gasteiger partial charge is 0.385 e. The van der Waals surface area contributed by atoms with Gasteiger partial charge < -0.3 is 5.11 Å². The van der Waals surface area contributed by atoms with Crippen LogP contribution in [0, 0.1) is 6.92 Å². The van der Waals surface area contributed by atoms with Crippen LogP contribution in [0.5, 0.6) is 0 Å². The molecule has 0 saturated heterocycles. The number of alkyl halides is 2. The first-order chi connectivity index (χ1) is 5.91. The van der Waals surface area contributed by atoms with Gasteiger partial charge in [0.05, 0.1) is 0 Å². The maximum absolute atomic E-state index is 9.68. The fourth-order valence-corrected chi connectivity index (χ4v) is 1.29. The summed E-state index contributed by atoms with van der Waals surface area (Å²) >= 11 is 11.5. The molecule has 0 bridgehead atoms. The van der Waals surface area contributed by atoms with Gasteiger partial charge in [0, 0.05) is 0 Å². The third-order valence-corrected chi connectivity index (χ3v) is 2.29. The van der Waals surface area contributed by atoms with Crippen molar-refractivity contribution in [1.29, 1.82) is 0 Å². The van der Waals surface area contributed by atoms with E-state index in [-0.39, 0.29) is 0 Å². The summed E-state index contributed by atoms with van der Waals surface area (Å²) < 4.78 is -1.14. The van der Waals surface area contributed by atoms with E-state index >= 15 is 0 Å². The van der Waals surface area contributed by atoms with Gasteiger partial charge in [0.2, 0.25) is 0 Å². The zero-order chi connectivity index (χ0) is 10.1. The summed E-state index contributed by atoms with van der Waals surface area (Å²) in [5.74, 6) is 0. The van der Waals surface area contributed by atoms with Crippen LogP contribution in [0.3, 0.4) is 0 Å². The van der Waals surface area contributed by atoms with Crippen LogP contribution in [0.25, 0.3) is 0 Å². The highest BCUT2D eigenvalue weighted by atomic mass is 35.5. The minimum absolute atomic E-state index is 0.734. The van der Waals surface area contributed by atoms with Crippen LogP contribution in [0.4, 0.5) is 0 Å². The van der Waals surface area contributed by atoms with Crippen molar-refractivity contribution in [2.75, 3.05) is 0 Å². The lowest BCUT2D eigenvalue weighted by Gasteiger charge is -2.21. The van der Waals surface area contributed by atoms with Crippen molar-refractivity contribution in [3.05, 3.63) is 35.4 Å². The Bertz CT molecular complexity index is 274. The molecule has 1 rings (SSSR count). The lowest BCUT2D eigenvalue weighted by Crippen LogP contribution is -2.19. The van der Waals surface area contributed by atoms with E-state index in [1.807, 2.05) is 31.2 Å². The molecule has 0 aliphatic rings. The van der Waals surface area contributed by atoms with Crippen molar-refractivity contribution in [3.63, 3.8) is 0 Å². The summed E-state index contributed by atoms with van der Waals surface area (Å²) in [5.41, 5.74) is 1.87. The minimum Gasteiger partial charge on any atom is -0.385 e. The third kappa shape index (κ3) is 2.87. The number of rotatable bonds is 2. The van der Waals surface area contributed by atoms with Crippen LogP contribution in [-0.4, -0.2) is 9.44 Å². The van der Waals surface area contributed by atoms with Crippen LogP contribution in [0.2, 0.25) is 0 Å². The maximum Gasteiger partial charge on any atom is 0.145 e. The van der Waals surface area contributed by atoms with Crippen LogP contribution >= 0.6 is 23.2 Å². The Morgan fingerprint density at radius 3 is 2.08 bits per heavy atom. The highest BCUT2D eigenvalue weighted by Crippen LogP contribution is 2.35. The van der Waals surface area contributed by atoms with Gasteiger partial charge in [0.25, 0.3) is 0 Å². The van der Waals surface area contributed by atoms with Gasteiger partial charge in [-0.05, 0) is 19.4 Å². The quantitative estimate of drug-likeness (QED) is 0.757. The summed E-state index contributed by atoms with van der Waals surface area (Å²) in [6.07, 6.45) is -0.851. The number of halogens is 2. The molecular formula is C10H12Cl2O. The van der Waals surface area contributed by atoms with Crippen molar-refractivity contribution in [2.45, 2.75) is 24.3 Å². The van der Waals surface area contributed by atoms with Crippen LogP contribution in [0.15, 0.2) is 24.3 Å². The number of benzene rings is 1. The zero-order valence-electron chi connectivity index (χ0n) is 7.59. The molecule has 1 unspecified atom stereocenters. The number of hydrogen-bond acceptors (Lipinski definition) is 1. The Morgan fingerprint density at radius 1 is 1.23 bits per heavy atom. The van der Waals surface area contributed by atoms with Crippen molar-refractivity contribution in [1.82, 2.24) is 0 Å². The van der Waals surface area contributed by atoms with E-state index in [0.717, 1.165) is 11.1 Å². The second kappa shape index (κ2) is 3.87. The van der Waals surface area contributed by atoms with Crippen molar-refractivity contribution >= 4 is 23.2 Å². The number of hydrogen-bond donors (Lipinski definition) is 1.